The van der Waals surface area contributed by atoms with E-state index >= 15 is 0 Å². The summed E-state index contributed by atoms with van der Waals surface area (Å²) < 4.78 is 11.7. The largest absolute Gasteiger partial charge is 0.385 e. The highest BCUT2D eigenvalue weighted by atomic mass is 16.5. The second-order valence-electron chi connectivity index (χ2n) is 6.02. The van der Waals surface area contributed by atoms with Crippen molar-refractivity contribution in [3.63, 3.8) is 0 Å². The van der Waals surface area contributed by atoms with Gasteiger partial charge < -0.3 is 9.30 Å². The Labute approximate surface area is 138 Å². The minimum Gasteiger partial charge on any atom is -0.385 e. The van der Waals surface area contributed by atoms with Crippen molar-refractivity contribution in [3.8, 4) is 0 Å². The quantitative estimate of drug-likeness (QED) is 0.628. The first-order valence-corrected chi connectivity index (χ1v) is 8.17. The van der Waals surface area contributed by atoms with E-state index in [1.54, 1.807) is 18.6 Å². The van der Waals surface area contributed by atoms with Crippen LogP contribution in [-0.4, -0.2) is 36.8 Å². The average Bonchev–Trinajstić information content (AvgIpc) is 3.06. The summed E-state index contributed by atoms with van der Waals surface area (Å²) in [7, 11) is 3.33. The standard InChI is InChI=1S/C16H23N5O3/c1-5-7-20-14(22)12-13(18(3)16(20)23)17-15-19(8-6-9-24-4)11(2)10-21(12)15/h10H,5-9H2,1-4H3. The van der Waals surface area contributed by atoms with Gasteiger partial charge in [-0.05, 0) is 19.8 Å². The van der Waals surface area contributed by atoms with Crippen LogP contribution in [-0.2, 0) is 24.9 Å². The molecule has 0 unspecified atom stereocenters. The first-order valence-electron chi connectivity index (χ1n) is 8.17. The molecule has 0 saturated heterocycles. The van der Waals surface area contributed by atoms with Gasteiger partial charge in [0.25, 0.3) is 5.56 Å². The van der Waals surface area contributed by atoms with Crippen molar-refractivity contribution in [1.82, 2.24) is 23.1 Å². The van der Waals surface area contributed by atoms with E-state index in [4.69, 9.17) is 4.74 Å². The maximum Gasteiger partial charge on any atom is 0.332 e. The van der Waals surface area contributed by atoms with Crippen LogP contribution in [0, 0.1) is 6.92 Å². The Morgan fingerprint density at radius 2 is 1.96 bits per heavy atom. The van der Waals surface area contributed by atoms with Gasteiger partial charge in [0.05, 0.1) is 0 Å². The molecule has 0 aromatic carbocycles. The third kappa shape index (κ3) is 2.37. The van der Waals surface area contributed by atoms with Gasteiger partial charge in [0.15, 0.2) is 11.2 Å². The number of aryl methyl sites for hydroxylation is 3. The Morgan fingerprint density at radius 3 is 2.62 bits per heavy atom. The van der Waals surface area contributed by atoms with Crippen molar-refractivity contribution in [2.45, 2.75) is 39.8 Å². The van der Waals surface area contributed by atoms with E-state index in [1.165, 1.54) is 9.13 Å². The topological polar surface area (TPSA) is 75.5 Å². The summed E-state index contributed by atoms with van der Waals surface area (Å²) in [5.74, 6) is 0.681. The third-order valence-corrected chi connectivity index (χ3v) is 4.32. The van der Waals surface area contributed by atoms with Crippen LogP contribution in [0.25, 0.3) is 16.9 Å². The molecule has 130 valence electrons. The number of hydrogen-bond acceptors (Lipinski definition) is 4. The Bertz CT molecular complexity index is 1000. The van der Waals surface area contributed by atoms with Gasteiger partial charge in [0.1, 0.15) is 0 Å². The first kappa shape index (κ1) is 16.5. The van der Waals surface area contributed by atoms with Gasteiger partial charge in [-0.25, -0.2) is 4.79 Å². The molecule has 0 atom stereocenters. The fourth-order valence-electron chi connectivity index (χ4n) is 3.12. The molecule has 0 aliphatic rings. The maximum atomic E-state index is 12.8. The van der Waals surface area contributed by atoms with E-state index in [2.05, 4.69) is 4.98 Å². The lowest BCUT2D eigenvalue weighted by Crippen LogP contribution is -2.39. The molecule has 0 spiro atoms. The Morgan fingerprint density at radius 1 is 1.21 bits per heavy atom. The predicted molar refractivity (Wildman–Crippen MR) is 91.7 cm³/mol. The molecule has 0 radical (unpaired) electrons. The molecule has 0 saturated carbocycles. The number of aromatic nitrogens is 5. The minimum absolute atomic E-state index is 0.281. The van der Waals surface area contributed by atoms with Crippen LogP contribution in [0.2, 0.25) is 0 Å². The third-order valence-electron chi connectivity index (χ3n) is 4.32. The molecule has 3 heterocycles. The number of fused-ring (bicyclic) bond motifs is 3. The summed E-state index contributed by atoms with van der Waals surface area (Å²) in [5, 5.41) is 0. The van der Waals surface area contributed by atoms with Crippen LogP contribution >= 0.6 is 0 Å². The van der Waals surface area contributed by atoms with Gasteiger partial charge in [0.2, 0.25) is 5.78 Å². The second kappa shape index (κ2) is 6.27. The molecule has 8 nitrogen and oxygen atoms in total. The van der Waals surface area contributed by atoms with E-state index in [9.17, 15) is 9.59 Å². The van der Waals surface area contributed by atoms with Crippen LogP contribution in [0.5, 0.6) is 0 Å². The summed E-state index contributed by atoms with van der Waals surface area (Å²) >= 11 is 0. The predicted octanol–water partition coefficient (Wildman–Crippen LogP) is 0.904. The van der Waals surface area contributed by atoms with Crippen LogP contribution in [0.15, 0.2) is 15.8 Å². The molecule has 0 amide bonds. The first-order chi connectivity index (χ1) is 11.5. The zero-order chi connectivity index (χ0) is 17.4. The van der Waals surface area contributed by atoms with Gasteiger partial charge in [-0.3, -0.25) is 18.3 Å². The van der Waals surface area contributed by atoms with Crippen molar-refractivity contribution in [2.24, 2.45) is 7.05 Å². The number of hydrogen-bond donors (Lipinski definition) is 0. The van der Waals surface area contributed by atoms with Crippen LogP contribution in [0.4, 0.5) is 0 Å². The molecule has 0 fully saturated rings. The van der Waals surface area contributed by atoms with Crippen LogP contribution in [0.3, 0.4) is 0 Å². The van der Waals surface area contributed by atoms with E-state index in [0.29, 0.717) is 30.1 Å². The van der Waals surface area contributed by atoms with E-state index in [0.717, 1.165) is 25.1 Å². The lowest BCUT2D eigenvalue weighted by atomic mass is 10.4. The number of imidazole rings is 2. The summed E-state index contributed by atoms with van der Waals surface area (Å²) in [6.07, 6.45) is 3.48. The van der Waals surface area contributed by atoms with Crippen LogP contribution in [0.1, 0.15) is 25.5 Å². The monoisotopic (exact) mass is 333 g/mol. The highest BCUT2D eigenvalue weighted by Crippen LogP contribution is 2.16. The lowest BCUT2D eigenvalue weighted by molar-refractivity contribution is 0.190. The Hall–Kier alpha value is -2.35. The number of methoxy groups -OCH3 is 1. The molecular weight excluding hydrogens is 310 g/mol. The molecule has 3 aromatic heterocycles. The highest BCUT2D eigenvalue weighted by molar-refractivity contribution is 5.75. The molecule has 3 aromatic rings. The molecule has 24 heavy (non-hydrogen) atoms. The van der Waals surface area contributed by atoms with Gasteiger partial charge in [-0.1, -0.05) is 6.92 Å². The SMILES string of the molecule is CCCn1c(=O)c2c(nc3n(CCCOC)c(C)cn23)n(C)c1=O. The van der Waals surface area contributed by atoms with Gasteiger partial charge in [-0.2, -0.15) is 4.98 Å². The minimum atomic E-state index is -0.322. The lowest BCUT2D eigenvalue weighted by Gasteiger charge is -2.06. The average molecular weight is 333 g/mol. The summed E-state index contributed by atoms with van der Waals surface area (Å²) in [4.78, 5) is 29.8. The number of nitrogens with zero attached hydrogens (tertiary/aromatic N) is 5. The molecular formula is C16H23N5O3. The smallest absolute Gasteiger partial charge is 0.332 e. The summed E-state index contributed by atoms with van der Waals surface area (Å²) in [6, 6.07) is 0. The van der Waals surface area contributed by atoms with Crippen molar-refractivity contribution < 1.29 is 4.74 Å². The Kier molecular flexibility index (Phi) is 4.31. The van der Waals surface area contributed by atoms with Crippen molar-refractivity contribution >= 4 is 16.9 Å². The van der Waals surface area contributed by atoms with E-state index in [1.807, 2.05) is 24.6 Å². The van der Waals surface area contributed by atoms with Crippen molar-refractivity contribution in [1.29, 1.82) is 0 Å². The summed E-state index contributed by atoms with van der Waals surface area (Å²) in [5.41, 5.74) is 1.29. The van der Waals surface area contributed by atoms with Gasteiger partial charge in [0, 0.05) is 45.7 Å². The van der Waals surface area contributed by atoms with Gasteiger partial charge in [-0.15, -0.1) is 0 Å². The van der Waals surface area contributed by atoms with Crippen LogP contribution < -0.4 is 11.2 Å². The molecule has 3 rings (SSSR count). The Balaban J connectivity index is 2.30. The highest BCUT2D eigenvalue weighted by Gasteiger charge is 2.19. The maximum absolute atomic E-state index is 12.8. The normalized spacial score (nSPS) is 11.8. The van der Waals surface area contributed by atoms with Crippen molar-refractivity contribution in [2.75, 3.05) is 13.7 Å². The zero-order valence-electron chi connectivity index (χ0n) is 14.6. The number of rotatable bonds is 6. The van der Waals surface area contributed by atoms with Crippen molar-refractivity contribution in [3.05, 3.63) is 32.7 Å². The second-order valence-corrected chi connectivity index (χ2v) is 6.02. The number of ether oxygens (including phenoxy) is 1. The fraction of sp³-hybridized carbons (Fsp3) is 0.562. The molecule has 0 aliphatic heterocycles. The van der Waals surface area contributed by atoms with Gasteiger partial charge >= 0.3 is 5.69 Å². The fourth-order valence-corrected chi connectivity index (χ4v) is 3.12. The molecule has 8 heteroatoms. The van der Waals surface area contributed by atoms with E-state index < -0.39 is 0 Å². The molecule has 0 aliphatic carbocycles. The van der Waals surface area contributed by atoms with E-state index in [-0.39, 0.29) is 11.2 Å². The molecule has 0 bridgehead atoms. The molecule has 0 N–H and O–H groups in total. The zero-order valence-corrected chi connectivity index (χ0v) is 14.6. The summed E-state index contributed by atoms with van der Waals surface area (Å²) in [6.45, 7) is 5.74.